The van der Waals surface area contributed by atoms with Gasteiger partial charge in [0.05, 0.1) is 0 Å². The Bertz CT molecular complexity index is 601. The van der Waals surface area contributed by atoms with Crippen LogP contribution in [0.3, 0.4) is 0 Å². The van der Waals surface area contributed by atoms with E-state index in [9.17, 15) is 8.78 Å². The summed E-state index contributed by atoms with van der Waals surface area (Å²) in [5.41, 5.74) is 2.96. The normalized spacial score (nSPS) is 10.2. The average molecular weight is 292 g/mol. The van der Waals surface area contributed by atoms with Gasteiger partial charge in [-0.1, -0.05) is 0 Å². The lowest BCUT2D eigenvalue weighted by Gasteiger charge is -2.14. The van der Waals surface area contributed by atoms with Crippen LogP contribution < -0.4 is 10.6 Å². The molecule has 0 aliphatic rings. The van der Waals surface area contributed by atoms with Crippen molar-refractivity contribution in [3.8, 4) is 0 Å². The van der Waals surface area contributed by atoms with Crippen molar-refractivity contribution in [1.29, 1.82) is 0 Å². The quantitative estimate of drug-likeness (QED) is 0.803. The molecular weight excluding hydrogens is 278 g/mol. The number of hydrogen-bond acceptors (Lipinski definition) is 1. The highest BCUT2D eigenvalue weighted by atomic mass is 32.1. The van der Waals surface area contributed by atoms with Crippen LogP contribution in [-0.4, -0.2) is 5.11 Å². The predicted octanol–water partition coefficient (Wildman–Crippen LogP) is 4.39. The Kier molecular flexibility index (Phi) is 4.29. The molecule has 2 N–H and O–H groups in total. The molecule has 0 bridgehead atoms. The molecule has 104 valence electrons. The van der Waals surface area contributed by atoms with Gasteiger partial charge in [-0.25, -0.2) is 8.78 Å². The standard InChI is InChI=1S/C15H14F2N2S/c1-9-7-11(16)3-5-13(9)18-15(20)19-14-6-4-12(17)8-10(14)2/h3-8H,1-2H3,(H2,18,19,20). The molecule has 2 nitrogen and oxygen atoms in total. The van der Waals surface area contributed by atoms with E-state index in [1.165, 1.54) is 24.3 Å². The van der Waals surface area contributed by atoms with Gasteiger partial charge in [-0.3, -0.25) is 0 Å². The van der Waals surface area contributed by atoms with E-state index in [4.69, 9.17) is 12.2 Å². The van der Waals surface area contributed by atoms with Crippen molar-refractivity contribution in [2.45, 2.75) is 13.8 Å². The Morgan fingerprint density at radius 2 is 1.25 bits per heavy atom. The highest BCUT2D eigenvalue weighted by Crippen LogP contribution is 2.18. The van der Waals surface area contributed by atoms with Crippen molar-refractivity contribution < 1.29 is 8.78 Å². The summed E-state index contributed by atoms with van der Waals surface area (Å²) in [7, 11) is 0. The topological polar surface area (TPSA) is 24.1 Å². The Labute approximate surface area is 121 Å². The Balaban J connectivity index is 2.09. The minimum atomic E-state index is -0.290. The fourth-order valence-corrected chi connectivity index (χ4v) is 2.03. The smallest absolute Gasteiger partial charge is 0.175 e. The molecule has 0 amide bonds. The Morgan fingerprint density at radius 1 is 0.850 bits per heavy atom. The number of rotatable bonds is 2. The lowest BCUT2D eigenvalue weighted by molar-refractivity contribution is 0.626. The van der Waals surface area contributed by atoms with Crippen molar-refractivity contribution in [3.63, 3.8) is 0 Å². The van der Waals surface area contributed by atoms with Crippen LogP contribution in [0.5, 0.6) is 0 Å². The SMILES string of the molecule is Cc1cc(F)ccc1NC(=S)Nc1ccc(F)cc1C. The van der Waals surface area contributed by atoms with Gasteiger partial charge in [-0.05, 0) is 73.6 Å². The first-order valence-corrected chi connectivity index (χ1v) is 6.47. The highest BCUT2D eigenvalue weighted by molar-refractivity contribution is 7.80. The summed E-state index contributed by atoms with van der Waals surface area (Å²) in [6, 6.07) is 8.82. The first-order valence-electron chi connectivity index (χ1n) is 6.06. The first kappa shape index (κ1) is 14.4. The number of hydrogen-bond donors (Lipinski definition) is 2. The van der Waals surface area contributed by atoms with Crippen LogP contribution in [0.15, 0.2) is 36.4 Å². The highest BCUT2D eigenvalue weighted by Gasteiger charge is 2.05. The molecule has 2 rings (SSSR count). The fraction of sp³-hybridized carbons (Fsp3) is 0.133. The maximum absolute atomic E-state index is 13.0. The molecule has 0 heterocycles. The van der Waals surface area contributed by atoms with Crippen LogP contribution in [0.1, 0.15) is 11.1 Å². The molecule has 0 fully saturated rings. The average Bonchev–Trinajstić information content (AvgIpc) is 2.36. The fourth-order valence-electron chi connectivity index (χ4n) is 1.81. The summed E-state index contributed by atoms with van der Waals surface area (Å²) in [5.74, 6) is -0.581. The van der Waals surface area contributed by atoms with Gasteiger partial charge in [0.1, 0.15) is 11.6 Å². The summed E-state index contributed by atoms with van der Waals surface area (Å²) in [6.07, 6.45) is 0. The van der Waals surface area contributed by atoms with E-state index in [0.717, 1.165) is 22.5 Å². The van der Waals surface area contributed by atoms with Crippen LogP contribution in [0.2, 0.25) is 0 Å². The zero-order chi connectivity index (χ0) is 14.7. The maximum Gasteiger partial charge on any atom is 0.175 e. The zero-order valence-corrected chi connectivity index (χ0v) is 11.9. The number of benzene rings is 2. The Hall–Kier alpha value is -2.01. The van der Waals surface area contributed by atoms with E-state index in [1.54, 1.807) is 26.0 Å². The number of halogens is 2. The molecular formula is C15H14F2N2S. The second-order valence-electron chi connectivity index (χ2n) is 4.50. The van der Waals surface area contributed by atoms with Gasteiger partial charge in [0.15, 0.2) is 5.11 Å². The summed E-state index contributed by atoms with van der Waals surface area (Å²) in [6.45, 7) is 3.58. The molecule has 0 saturated carbocycles. The van der Waals surface area contributed by atoms with E-state index in [2.05, 4.69) is 10.6 Å². The van der Waals surface area contributed by atoms with E-state index in [0.29, 0.717) is 5.11 Å². The molecule has 0 aromatic heterocycles. The molecule has 2 aromatic carbocycles. The molecule has 0 unspecified atom stereocenters. The van der Waals surface area contributed by atoms with E-state index in [1.807, 2.05) is 0 Å². The third-order valence-corrected chi connectivity index (χ3v) is 3.08. The van der Waals surface area contributed by atoms with Gasteiger partial charge in [0, 0.05) is 11.4 Å². The molecule has 5 heteroatoms. The minimum absolute atomic E-state index is 0.290. The monoisotopic (exact) mass is 292 g/mol. The van der Waals surface area contributed by atoms with Crippen molar-refractivity contribution in [2.24, 2.45) is 0 Å². The Morgan fingerprint density at radius 3 is 1.60 bits per heavy atom. The third kappa shape index (κ3) is 3.51. The van der Waals surface area contributed by atoms with Crippen LogP contribution in [0, 0.1) is 25.5 Å². The van der Waals surface area contributed by atoms with Gasteiger partial charge in [-0.15, -0.1) is 0 Å². The largest absolute Gasteiger partial charge is 0.332 e. The molecule has 20 heavy (non-hydrogen) atoms. The minimum Gasteiger partial charge on any atom is -0.332 e. The van der Waals surface area contributed by atoms with E-state index in [-0.39, 0.29) is 11.6 Å². The first-order chi connectivity index (χ1) is 9.45. The number of aryl methyl sites for hydroxylation is 2. The summed E-state index contributed by atoms with van der Waals surface area (Å²) in [5, 5.41) is 6.35. The molecule has 0 spiro atoms. The van der Waals surface area contributed by atoms with Gasteiger partial charge in [0.2, 0.25) is 0 Å². The number of nitrogens with one attached hydrogen (secondary N) is 2. The van der Waals surface area contributed by atoms with Crippen molar-refractivity contribution in [1.82, 2.24) is 0 Å². The van der Waals surface area contributed by atoms with Crippen LogP contribution in [0.25, 0.3) is 0 Å². The molecule has 0 aliphatic heterocycles. The van der Waals surface area contributed by atoms with Crippen LogP contribution in [-0.2, 0) is 0 Å². The molecule has 0 radical (unpaired) electrons. The van der Waals surface area contributed by atoms with Gasteiger partial charge in [-0.2, -0.15) is 0 Å². The lowest BCUT2D eigenvalue weighted by atomic mass is 10.2. The van der Waals surface area contributed by atoms with Crippen LogP contribution in [0.4, 0.5) is 20.2 Å². The van der Waals surface area contributed by atoms with Crippen molar-refractivity contribution in [2.75, 3.05) is 10.6 Å². The van der Waals surface area contributed by atoms with Gasteiger partial charge >= 0.3 is 0 Å². The number of anilines is 2. The summed E-state index contributed by atoms with van der Waals surface area (Å²) in [4.78, 5) is 0. The molecule has 0 saturated heterocycles. The zero-order valence-electron chi connectivity index (χ0n) is 11.1. The maximum atomic E-state index is 13.0. The van der Waals surface area contributed by atoms with E-state index >= 15 is 0 Å². The van der Waals surface area contributed by atoms with Gasteiger partial charge in [0.25, 0.3) is 0 Å². The molecule has 2 aromatic rings. The molecule has 0 aliphatic carbocycles. The lowest BCUT2D eigenvalue weighted by Crippen LogP contribution is -2.20. The second-order valence-corrected chi connectivity index (χ2v) is 4.91. The number of thiocarbonyl (C=S) groups is 1. The van der Waals surface area contributed by atoms with Gasteiger partial charge < -0.3 is 10.6 Å². The van der Waals surface area contributed by atoms with Crippen molar-refractivity contribution in [3.05, 3.63) is 59.2 Å². The third-order valence-electron chi connectivity index (χ3n) is 2.87. The summed E-state index contributed by atoms with van der Waals surface area (Å²) >= 11 is 5.19. The predicted molar refractivity (Wildman–Crippen MR) is 82.1 cm³/mol. The van der Waals surface area contributed by atoms with E-state index < -0.39 is 0 Å². The summed E-state index contributed by atoms with van der Waals surface area (Å²) < 4.78 is 26.0. The van der Waals surface area contributed by atoms with Crippen molar-refractivity contribution >= 4 is 28.7 Å². The van der Waals surface area contributed by atoms with Crippen LogP contribution >= 0.6 is 12.2 Å². The molecule has 0 atom stereocenters. The second kappa shape index (κ2) is 5.96.